The predicted molar refractivity (Wildman–Crippen MR) is 87.9 cm³/mol. The fourth-order valence-electron chi connectivity index (χ4n) is 4.64. The summed E-state index contributed by atoms with van der Waals surface area (Å²) >= 11 is 0. The minimum absolute atomic E-state index is 0.109. The van der Waals surface area contributed by atoms with Crippen LogP contribution in [0.4, 0.5) is 0 Å². The molecule has 0 radical (unpaired) electrons. The van der Waals surface area contributed by atoms with E-state index in [0.29, 0.717) is 11.9 Å². The average molecular weight is 298 g/mol. The van der Waals surface area contributed by atoms with Gasteiger partial charge in [0, 0.05) is 25.7 Å². The monoisotopic (exact) mass is 298 g/mol. The largest absolute Gasteiger partial charge is 0.341 e. The van der Waals surface area contributed by atoms with E-state index >= 15 is 0 Å². The maximum atomic E-state index is 13.2. The molecule has 2 heterocycles. The zero-order valence-corrected chi connectivity index (χ0v) is 13.3. The van der Waals surface area contributed by atoms with Gasteiger partial charge >= 0.3 is 0 Å². The van der Waals surface area contributed by atoms with Gasteiger partial charge in [0.25, 0.3) is 0 Å². The standard InChI is InChI=1S/C19H26N2O/c22-19(18-10-3-7-15-6-1-2-9-17(15)18)21-13-5-12-20-11-4-8-16(20)14-21/h1-2,6,9,16,18H,3-5,7-8,10-14H2/t16-,18+/m1/s1. The van der Waals surface area contributed by atoms with Gasteiger partial charge in [-0.2, -0.15) is 0 Å². The molecule has 0 aromatic heterocycles. The van der Waals surface area contributed by atoms with Gasteiger partial charge < -0.3 is 4.90 Å². The Morgan fingerprint density at radius 3 is 2.82 bits per heavy atom. The molecular formula is C19H26N2O. The van der Waals surface area contributed by atoms with Crippen LogP contribution < -0.4 is 0 Å². The molecule has 4 rings (SSSR count). The SMILES string of the molecule is O=C([C@H]1CCCc2ccccc21)N1CCCN2CCC[C@@H]2C1. The van der Waals surface area contributed by atoms with Gasteiger partial charge in [0.2, 0.25) is 5.91 Å². The Balaban J connectivity index is 1.54. The molecule has 3 aliphatic rings. The molecule has 0 N–H and O–H groups in total. The molecule has 1 aromatic rings. The predicted octanol–water partition coefficient (Wildman–Crippen LogP) is 2.80. The lowest BCUT2D eigenvalue weighted by molar-refractivity contribution is -0.133. The van der Waals surface area contributed by atoms with E-state index in [1.54, 1.807) is 0 Å². The highest BCUT2D eigenvalue weighted by molar-refractivity contribution is 5.84. The summed E-state index contributed by atoms with van der Waals surface area (Å²) in [5.41, 5.74) is 2.69. The van der Waals surface area contributed by atoms with E-state index in [2.05, 4.69) is 34.1 Å². The molecule has 2 fully saturated rings. The van der Waals surface area contributed by atoms with E-state index in [0.717, 1.165) is 38.8 Å². The molecule has 0 bridgehead atoms. The average Bonchev–Trinajstić information content (AvgIpc) is 2.90. The molecule has 1 aromatic carbocycles. The zero-order chi connectivity index (χ0) is 14.9. The van der Waals surface area contributed by atoms with Crippen molar-refractivity contribution in [3.8, 4) is 0 Å². The molecule has 3 nitrogen and oxygen atoms in total. The maximum Gasteiger partial charge on any atom is 0.230 e. The molecule has 1 amide bonds. The smallest absolute Gasteiger partial charge is 0.230 e. The number of aryl methyl sites for hydroxylation is 1. The Kier molecular flexibility index (Phi) is 3.91. The van der Waals surface area contributed by atoms with Crippen LogP contribution >= 0.6 is 0 Å². The van der Waals surface area contributed by atoms with Crippen molar-refractivity contribution in [1.29, 1.82) is 0 Å². The van der Waals surface area contributed by atoms with Crippen LogP contribution in [0.3, 0.4) is 0 Å². The molecule has 3 heteroatoms. The molecule has 0 saturated carbocycles. The van der Waals surface area contributed by atoms with E-state index in [1.807, 2.05) is 0 Å². The minimum atomic E-state index is 0.109. The van der Waals surface area contributed by atoms with Crippen LogP contribution in [0.1, 0.15) is 49.1 Å². The molecule has 22 heavy (non-hydrogen) atoms. The number of carbonyl (C=O) groups is 1. The fourth-order valence-corrected chi connectivity index (χ4v) is 4.64. The molecule has 2 saturated heterocycles. The van der Waals surface area contributed by atoms with Crippen LogP contribution in [-0.4, -0.2) is 47.9 Å². The topological polar surface area (TPSA) is 23.6 Å². The Bertz CT molecular complexity index is 556. The van der Waals surface area contributed by atoms with E-state index in [9.17, 15) is 4.79 Å². The van der Waals surface area contributed by atoms with Crippen molar-refractivity contribution in [3.05, 3.63) is 35.4 Å². The minimum Gasteiger partial charge on any atom is -0.341 e. The maximum absolute atomic E-state index is 13.2. The van der Waals surface area contributed by atoms with Gasteiger partial charge in [-0.15, -0.1) is 0 Å². The van der Waals surface area contributed by atoms with Crippen molar-refractivity contribution >= 4 is 5.91 Å². The normalized spacial score (nSPS) is 28.8. The van der Waals surface area contributed by atoms with E-state index in [-0.39, 0.29) is 5.92 Å². The molecule has 0 unspecified atom stereocenters. The van der Waals surface area contributed by atoms with Crippen LogP contribution in [0.15, 0.2) is 24.3 Å². The summed E-state index contributed by atoms with van der Waals surface area (Å²) in [6, 6.07) is 9.19. The van der Waals surface area contributed by atoms with Crippen LogP contribution in [-0.2, 0) is 11.2 Å². The highest BCUT2D eigenvalue weighted by atomic mass is 16.2. The summed E-state index contributed by atoms with van der Waals surface area (Å²) < 4.78 is 0. The molecule has 2 aliphatic heterocycles. The molecule has 2 atom stereocenters. The van der Waals surface area contributed by atoms with E-state index < -0.39 is 0 Å². The van der Waals surface area contributed by atoms with Gasteiger partial charge in [0.1, 0.15) is 0 Å². The van der Waals surface area contributed by atoms with Gasteiger partial charge in [0.05, 0.1) is 5.92 Å². The Morgan fingerprint density at radius 2 is 1.86 bits per heavy atom. The van der Waals surface area contributed by atoms with Gasteiger partial charge in [-0.25, -0.2) is 0 Å². The number of amides is 1. The number of nitrogens with zero attached hydrogens (tertiary/aromatic N) is 2. The number of fused-ring (bicyclic) bond motifs is 2. The van der Waals surface area contributed by atoms with Crippen molar-refractivity contribution in [2.24, 2.45) is 0 Å². The Morgan fingerprint density at radius 1 is 1.00 bits per heavy atom. The summed E-state index contributed by atoms with van der Waals surface area (Å²) in [5.74, 6) is 0.499. The third-order valence-electron chi connectivity index (χ3n) is 5.78. The third-order valence-corrected chi connectivity index (χ3v) is 5.78. The lowest BCUT2D eigenvalue weighted by atomic mass is 9.82. The Labute approximate surface area is 133 Å². The summed E-state index contributed by atoms with van der Waals surface area (Å²) in [7, 11) is 0. The number of hydrogen-bond donors (Lipinski definition) is 0. The zero-order valence-electron chi connectivity index (χ0n) is 13.3. The van der Waals surface area contributed by atoms with Gasteiger partial charge in [0.15, 0.2) is 0 Å². The van der Waals surface area contributed by atoms with Crippen LogP contribution in [0.25, 0.3) is 0 Å². The van der Waals surface area contributed by atoms with Crippen molar-refractivity contribution in [3.63, 3.8) is 0 Å². The van der Waals surface area contributed by atoms with Crippen molar-refractivity contribution in [2.75, 3.05) is 26.2 Å². The molecular weight excluding hydrogens is 272 g/mol. The third kappa shape index (κ3) is 2.56. The lowest BCUT2D eigenvalue weighted by Crippen LogP contribution is -2.42. The number of hydrogen-bond acceptors (Lipinski definition) is 2. The van der Waals surface area contributed by atoms with Crippen LogP contribution in [0, 0.1) is 0 Å². The number of benzene rings is 1. The molecule has 0 spiro atoms. The fraction of sp³-hybridized carbons (Fsp3) is 0.632. The summed E-state index contributed by atoms with van der Waals surface area (Å²) in [5, 5.41) is 0. The first kappa shape index (κ1) is 14.3. The van der Waals surface area contributed by atoms with Crippen molar-refractivity contribution in [1.82, 2.24) is 9.80 Å². The summed E-state index contributed by atoms with van der Waals surface area (Å²) in [6.07, 6.45) is 7.02. The first-order valence-corrected chi connectivity index (χ1v) is 8.93. The highest BCUT2D eigenvalue weighted by Gasteiger charge is 2.34. The molecule has 118 valence electrons. The summed E-state index contributed by atoms with van der Waals surface area (Å²) in [4.78, 5) is 17.9. The van der Waals surface area contributed by atoms with Crippen LogP contribution in [0.2, 0.25) is 0 Å². The molecule has 1 aliphatic carbocycles. The van der Waals surface area contributed by atoms with Crippen LogP contribution in [0.5, 0.6) is 0 Å². The second kappa shape index (κ2) is 6.04. The van der Waals surface area contributed by atoms with Gasteiger partial charge in [-0.1, -0.05) is 24.3 Å². The quantitative estimate of drug-likeness (QED) is 0.796. The Hall–Kier alpha value is -1.35. The second-order valence-electron chi connectivity index (χ2n) is 7.11. The second-order valence-corrected chi connectivity index (χ2v) is 7.11. The number of carbonyl (C=O) groups excluding carboxylic acids is 1. The summed E-state index contributed by atoms with van der Waals surface area (Å²) in [6.45, 7) is 4.32. The van der Waals surface area contributed by atoms with E-state index in [1.165, 1.54) is 37.1 Å². The highest BCUT2D eigenvalue weighted by Crippen LogP contribution is 2.33. The number of rotatable bonds is 1. The van der Waals surface area contributed by atoms with Gasteiger partial charge in [-0.05, 0) is 56.2 Å². The van der Waals surface area contributed by atoms with Gasteiger partial charge in [-0.3, -0.25) is 9.69 Å². The first-order chi connectivity index (χ1) is 10.8. The first-order valence-electron chi connectivity index (χ1n) is 8.93. The van der Waals surface area contributed by atoms with Crippen molar-refractivity contribution in [2.45, 2.75) is 50.5 Å². The van der Waals surface area contributed by atoms with Crippen molar-refractivity contribution < 1.29 is 4.79 Å². The van der Waals surface area contributed by atoms with E-state index in [4.69, 9.17) is 0 Å². The lowest BCUT2D eigenvalue weighted by Gasteiger charge is -2.31.